The second kappa shape index (κ2) is 5.86. The molecule has 1 atom stereocenters. The Labute approximate surface area is 106 Å². The molecule has 0 aliphatic heterocycles. The molecule has 1 rings (SSSR count). The fourth-order valence-electron chi connectivity index (χ4n) is 2.13. The molecule has 1 heterocycles. The van der Waals surface area contributed by atoms with Crippen molar-refractivity contribution in [3.63, 3.8) is 0 Å². The zero-order valence-electron chi connectivity index (χ0n) is 11.4. The van der Waals surface area contributed by atoms with E-state index < -0.39 is 11.2 Å². The second-order valence-corrected chi connectivity index (χ2v) is 5.28. The van der Waals surface area contributed by atoms with Crippen LogP contribution in [0.25, 0.3) is 0 Å². The van der Waals surface area contributed by atoms with Crippen LogP contribution >= 0.6 is 0 Å². The number of nitrogens with zero attached hydrogens (tertiary/aromatic N) is 2. The third kappa shape index (κ3) is 3.73. The average molecular weight is 254 g/mol. The van der Waals surface area contributed by atoms with E-state index in [-0.39, 0.29) is 11.9 Å². The minimum absolute atomic E-state index is 0.0376. The SMILES string of the molecule is CC(C)CC(CN(C)C)n1c(N)cc(=O)[nH]c1=O. The van der Waals surface area contributed by atoms with Crippen LogP contribution in [0.4, 0.5) is 5.82 Å². The van der Waals surface area contributed by atoms with Crippen LogP contribution in [0.3, 0.4) is 0 Å². The molecule has 18 heavy (non-hydrogen) atoms. The van der Waals surface area contributed by atoms with Gasteiger partial charge in [0.05, 0.1) is 6.04 Å². The van der Waals surface area contributed by atoms with Gasteiger partial charge in [-0.15, -0.1) is 0 Å². The summed E-state index contributed by atoms with van der Waals surface area (Å²) in [7, 11) is 3.89. The lowest BCUT2D eigenvalue weighted by molar-refractivity contribution is 0.284. The maximum Gasteiger partial charge on any atom is 0.330 e. The summed E-state index contributed by atoms with van der Waals surface area (Å²) in [5.41, 5.74) is 4.90. The van der Waals surface area contributed by atoms with Crippen LogP contribution in [0, 0.1) is 5.92 Å². The van der Waals surface area contributed by atoms with Gasteiger partial charge in [-0.25, -0.2) is 4.79 Å². The van der Waals surface area contributed by atoms with Crippen LogP contribution in [-0.2, 0) is 0 Å². The Balaban J connectivity index is 3.20. The Morgan fingerprint density at radius 1 is 1.39 bits per heavy atom. The molecule has 0 saturated heterocycles. The number of nitrogen functional groups attached to an aromatic ring is 1. The monoisotopic (exact) mass is 254 g/mol. The number of aromatic amines is 1. The molecule has 6 nitrogen and oxygen atoms in total. The normalized spacial score (nSPS) is 13.2. The molecule has 1 unspecified atom stereocenters. The van der Waals surface area contributed by atoms with Crippen molar-refractivity contribution in [3.8, 4) is 0 Å². The van der Waals surface area contributed by atoms with E-state index in [9.17, 15) is 9.59 Å². The van der Waals surface area contributed by atoms with E-state index in [1.165, 1.54) is 10.6 Å². The number of nitrogens with one attached hydrogen (secondary N) is 1. The van der Waals surface area contributed by atoms with Crippen molar-refractivity contribution >= 4 is 5.82 Å². The Bertz CT molecular complexity index is 492. The van der Waals surface area contributed by atoms with Crippen LogP contribution in [0.5, 0.6) is 0 Å². The molecule has 3 N–H and O–H groups in total. The van der Waals surface area contributed by atoms with Gasteiger partial charge in [0.1, 0.15) is 5.82 Å². The van der Waals surface area contributed by atoms with Gasteiger partial charge in [-0.2, -0.15) is 0 Å². The van der Waals surface area contributed by atoms with Crippen molar-refractivity contribution in [2.45, 2.75) is 26.3 Å². The Hall–Kier alpha value is -1.56. The van der Waals surface area contributed by atoms with Crippen molar-refractivity contribution in [2.75, 3.05) is 26.4 Å². The predicted octanol–water partition coefficient (Wildman–Crippen LogP) is 0.268. The molecule has 0 aliphatic rings. The highest BCUT2D eigenvalue weighted by atomic mass is 16.2. The molecule has 0 aliphatic carbocycles. The zero-order chi connectivity index (χ0) is 13.9. The molecule has 0 fully saturated rings. The van der Waals surface area contributed by atoms with Crippen molar-refractivity contribution in [2.24, 2.45) is 5.92 Å². The number of H-pyrrole nitrogens is 1. The molecular weight excluding hydrogens is 232 g/mol. The van der Waals surface area contributed by atoms with Gasteiger partial charge >= 0.3 is 5.69 Å². The zero-order valence-corrected chi connectivity index (χ0v) is 11.4. The third-order valence-corrected chi connectivity index (χ3v) is 2.69. The second-order valence-electron chi connectivity index (χ2n) is 5.28. The van der Waals surface area contributed by atoms with Gasteiger partial charge in [-0.3, -0.25) is 14.3 Å². The summed E-state index contributed by atoms with van der Waals surface area (Å²) < 4.78 is 1.47. The van der Waals surface area contributed by atoms with E-state index in [4.69, 9.17) is 5.73 Å². The van der Waals surface area contributed by atoms with Gasteiger partial charge in [0.25, 0.3) is 5.56 Å². The van der Waals surface area contributed by atoms with Crippen molar-refractivity contribution in [3.05, 3.63) is 26.9 Å². The Kier molecular flexibility index (Phi) is 4.72. The van der Waals surface area contributed by atoms with Crippen LogP contribution in [0.2, 0.25) is 0 Å². The van der Waals surface area contributed by atoms with Crippen LogP contribution in [0.1, 0.15) is 26.3 Å². The number of rotatable bonds is 5. The van der Waals surface area contributed by atoms with E-state index in [0.717, 1.165) is 6.42 Å². The lowest BCUT2D eigenvalue weighted by Gasteiger charge is -2.25. The molecule has 0 amide bonds. The molecule has 102 valence electrons. The standard InChI is InChI=1S/C12H22N4O2/c1-8(2)5-9(7-15(3)4)16-10(13)6-11(17)14-12(16)18/h6,8-9H,5,7,13H2,1-4H3,(H,14,17,18). The average Bonchev–Trinajstić information content (AvgIpc) is 2.12. The first-order valence-corrected chi connectivity index (χ1v) is 6.07. The molecular formula is C12H22N4O2. The minimum Gasteiger partial charge on any atom is -0.385 e. The number of nitrogens with two attached hydrogens (primary N) is 1. The van der Waals surface area contributed by atoms with Gasteiger partial charge in [0.2, 0.25) is 0 Å². The topological polar surface area (TPSA) is 84.1 Å². The molecule has 1 aromatic heterocycles. The van der Waals surface area contributed by atoms with E-state index in [1.54, 1.807) is 0 Å². The van der Waals surface area contributed by atoms with Gasteiger partial charge in [-0.05, 0) is 26.4 Å². The summed E-state index contributed by atoms with van der Waals surface area (Å²) in [6.45, 7) is 4.89. The summed E-state index contributed by atoms with van der Waals surface area (Å²) in [4.78, 5) is 27.3. The van der Waals surface area contributed by atoms with Gasteiger partial charge < -0.3 is 10.6 Å². The summed E-state index contributed by atoms with van der Waals surface area (Å²) in [6, 6.07) is 1.22. The molecule has 0 aromatic carbocycles. The maximum atomic E-state index is 11.9. The third-order valence-electron chi connectivity index (χ3n) is 2.69. The van der Waals surface area contributed by atoms with Crippen molar-refractivity contribution < 1.29 is 0 Å². The highest BCUT2D eigenvalue weighted by molar-refractivity contribution is 5.27. The maximum absolute atomic E-state index is 11.9. The molecule has 0 spiro atoms. The van der Waals surface area contributed by atoms with E-state index in [2.05, 4.69) is 18.8 Å². The van der Waals surface area contributed by atoms with Crippen LogP contribution in [-0.4, -0.2) is 35.1 Å². The number of aromatic nitrogens is 2. The van der Waals surface area contributed by atoms with Crippen molar-refractivity contribution in [1.82, 2.24) is 14.5 Å². The highest BCUT2D eigenvalue weighted by Crippen LogP contribution is 2.18. The summed E-state index contributed by atoms with van der Waals surface area (Å²) >= 11 is 0. The molecule has 1 aromatic rings. The first kappa shape index (κ1) is 14.5. The highest BCUT2D eigenvalue weighted by Gasteiger charge is 2.18. The first-order chi connectivity index (χ1) is 8.31. The number of likely N-dealkylation sites (N-methyl/N-ethyl adjacent to an activating group) is 1. The van der Waals surface area contributed by atoms with E-state index in [1.807, 2.05) is 19.0 Å². The van der Waals surface area contributed by atoms with Crippen LogP contribution < -0.4 is 17.0 Å². The lowest BCUT2D eigenvalue weighted by Crippen LogP contribution is -2.38. The number of anilines is 1. The predicted molar refractivity (Wildman–Crippen MR) is 72.8 cm³/mol. The lowest BCUT2D eigenvalue weighted by atomic mass is 10.0. The summed E-state index contributed by atoms with van der Waals surface area (Å²) in [6.07, 6.45) is 0.828. The van der Waals surface area contributed by atoms with Gasteiger partial charge in [0, 0.05) is 12.6 Å². The van der Waals surface area contributed by atoms with Gasteiger partial charge in [-0.1, -0.05) is 13.8 Å². The van der Waals surface area contributed by atoms with Gasteiger partial charge in [0.15, 0.2) is 0 Å². The molecule has 0 saturated carbocycles. The summed E-state index contributed by atoms with van der Waals surface area (Å²) in [5, 5.41) is 0. The quantitative estimate of drug-likeness (QED) is 0.790. The smallest absolute Gasteiger partial charge is 0.330 e. The number of hydrogen-bond donors (Lipinski definition) is 2. The molecule has 0 bridgehead atoms. The van der Waals surface area contributed by atoms with Crippen LogP contribution in [0.15, 0.2) is 15.7 Å². The summed E-state index contributed by atoms with van der Waals surface area (Å²) in [5.74, 6) is 0.657. The minimum atomic E-state index is -0.457. The largest absolute Gasteiger partial charge is 0.385 e. The Morgan fingerprint density at radius 2 is 2.00 bits per heavy atom. The fourth-order valence-corrected chi connectivity index (χ4v) is 2.13. The fraction of sp³-hybridized carbons (Fsp3) is 0.667. The molecule has 0 radical (unpaired) electrons. The Morgan fingerprint density at radius 3 is 2.44 bits per heavy atom. The van der Waals surface area contributed by atoms with E-state index >= 15 is 0 Å². The van der Waals surface area contributed by atoms with E-state index in [0.29, 0.717) is 12.5 Å². The number of hydrogen-bond acceptors (Lipinski definition) is 4. The van der Waals surface area contributed by atoms with Crippen molar-refractivity contribution in [1.29, 1.82) is 0 Å². The molecule has 6 heteroatoms. The first-order valence-electron chi connectivity index (χ1n) is 6.07.